The van der Waals surface area contributed by atoms with E-state index in [2.05, 4.69) is 6.07 Å². The summed E-state index contributed by atoms with van der Waals surface area (Å²) < 4.78 is 5.67. The third-order valence-corrected chi connectivity index (χ3v) is 3.83. The van der Waals surface area contributed by atoms with Gasteiger partial charge < -0.3 is 4.74 Å². The maximum atomic E-state index is 12.2. The second-order valence-corrected chi connectivity index (χ2v) is 5.23. The van der Waals surface area contributed by atoms with Crippen LogP contribution in [0.5, 0.6) is 5.75 Å². The van der Waals surface area contributed by atoms with E-state index in [-0.39, 0.29) is 5.92 Å². The van der Waals surface area contributed by atoms with Crippen molar-refractivity contribution in [3.8, 4) is 5.75 Å². The van der Waals surface area contributed by atoms with Crippen LogP contribution in [0.2, 0.25) is 0 Å². The Balaban J connectivity index is 1.48. The van der Waals surface area contributed by atoms with Gasteiger partial charge in [0.15, 0.2) is 5.78 Å². The third kappa shape index (κ3) is 2.74. The molecule has 0 amide bonds. The van der Waals surface area contributed by atoms with Gasteiger partial charge >= 0.3 is 0 Å². The summed E-state index contributed by atoms with van der Waals surface area (Å²) in [5.74, 6) is 1.35. The number of ketones is 1. The van der Waals surface area contributed by atoms with Gasteiger partial charge in [0.05, 0.1) is 6.61 Å². The van der Waals surface area contributed by atoms with Crippen molar-refractivity contribution in [3.63, 3.8) is 0 Å². The zero-order valence-electron chi connectivity index (χ0n) is 11.4. The molecule has 0 fully saturated rings. The van der Waals surface area contributed by atoms with E-state index in [0.29, 0.717) is 12.4 Å². The van der Waals surface area contributed by atoms with Crippen molar-refractivity contribution in [1.29, 1.82) is 0 Å². The predicted molar refractivity (Wildman–Crippen MR) is 79.1 cm³/mol. The normalized spacial score (nSPS) is 17.0. The van der Waals surface area contributed by atoms with Gasteiger partial charge in [-0.2, -0.15) is 0 Å². The van der Waals surface area contributed by atoms with Crippen molar-refractivity contribution in [2.45, 2.75) is 19.3 Å². The maximum Gasteiger partial charge on any atom is 0.166 e. The quantitative estimate of drug-likeness (QED) is 0.767. The highest BCUT2D eigenvalue weighted by Gasteiger charge is 2.29. The highest BCUT2D eigenvalue weighted by molar-refractivity contribution is 6.02. The number of para-hydroxylation sites is 1. The largest absolute Gasteiger partial charge is 0.494 e. The Morgan fingerprint density at radius 3 is 2.55 bits per heavy atom. The minimum atomic E-state index is 0.145. The van der Waals surface area contributed by atoms with Crippen LogP contribution in [0.3, 0.4) is 0 Å². The van der Waals surface area contributed by atoms with Crippen LogP contribution in [0.25, 0.3) is 0 Å². The molecule has 0 saturated heterocycles. The number of carbonyl (C=O) groups is 1. The average molecular weight is 266 g/mol. The Morgan fingerprint density at radius 1 is 1.00 bits per heavy atom. The first kappa shape index (κ1) is 12.9. The molecule has 0 heterocycles. The van der Waals surface area contributed by atoms with Gasteiger partial charge in [0.1, 0.15) is 5.75 Å². The second kappa shape index (κ2) is 5.91. The van der Waals surface area contributed by atoms with E-state index in [0.717, 1.165) is 30.6 Å². The Hall–Kier alpha value is -2.09. The van der Waals surface area contributed by atoms with Crippen molar-refractivity contribution < 1.29 is 9.53 Å². The van der Waals surface area contributed by atoms with Crippen molar-refractivity contribution in [2.75, 3.05) is 6.61 Å². The van der Waals surface area contributed by atoms with E-state index in [9.17, 15) is 4.79 Å². The molecular formula is C18H18O2. The van der Waals surface area contributed by atoms with Gasteiger partial charge in [0, 0.05) is 11.5 Å². The van der Waals surface area contributed by atoms with Crippen molar-refractivity contribution in [2.24, 2.45) is 5.92 Å². The van der Waals surface area contributed by atoms with Crippen molar-refractivity contribution >= 4 is 5.78 Å². The summed E-state index contributed by atoms with van der Waals surface area (Å²) in [6.07, 6.45) is 2.71. The van der Waals surface area contributed by atoms with Crippen LogP contribution in [-0.2, 0) is 6.42 Å². The van der Waals surface area contributed by atoms with Gasteiger partial charge in [-0.25, -0.2) is 0 Å². The molecule has 0 saturated carbocycles. The van der Waals surface area contributed by atoms with Crippen LogP contribution in [0.4, 0.5) is 0 Å². The molecule has 0 N–H and O–H groups in total. The van der Waals surface area contributed by atoms with Crippen molar-refractivity contribution in [3.05, 3.63) is 65.7 Å². The molecule has 3 rings (SSSR count). The van der Waals surface area contributed by atoms with Crippen LogP contribution in [0, 0.1) is 5.92 Å². The molecule has 2 nitrogen and oxygen atoms in total. The summed E-state index contributed by atoms with van der Waals surface area (Å²) in [5.41, 5.74) is 2.12. The Kier molecular flexibility index (Phi) is 3.82. The molecule has 2 heteroatoms. The summed E-state index contributed by atoms with van der Waals surface area (Å²) in [6.45, 7) is 0.671. The smallest absolute Gasteiger partial charge is 0.166 e. The zero-order valence-corrected chi connectivity index (χ0v) is 11.4. The average Bonchev–Trinajstić information content (AvgIpc) is 2.82. The van der Waals surface area contributed by atoms with Gasteiger partial charge in [0.2, 0.25) is 0 Å². The molecule has 2 aromatic rings. The van der Waals surface area contributed by atoms with Gasteiger partial charge in [-0.1, -0.05) is 42.5 Å². The molecule has 0 spiro atoms. The van der Waals surface area contributed by atoms with Gasteiger partial charge in [-0.05, 0) is 37.0 Å². The summed E-state index contributed by atoms with van der Waals surface area (Å²) in [6, 6.07) is 17.8. The first-order chi connectivity index (χ1) is 9.84. The Labute approximate surface area is 119 Å². The molecule has 1 atom stereocenters. The lowest BCUT2D eigenvalue weighted by Crippen LogP contribution is -2.10. The first-order valence-corrected chi connectivity index (χ1v) is 7.14. The lowest BCUT2D eigenvalue weighted by Gasteiger charge is -2.09. The minimum Gasteiger partial charge on any atom is -0.494 e. The van der Waals surface area contributed by atoms with E-state index < -0.39 is 0 Å². The number of fused-ring (bicyclic) bond motifs is 1. The van der Waals surface area contributed by atoms with Crippen molar-refractivity contribution in [1.82, 2.24) is 0 Å². The van der Waals surface area contributed by atoms with Crippen LogP contribution in [-0.4, -0.2) is 12.4 Å². The molecule has 1 unspecified atom stereocenters. The molecule has 1 aliphatic carbocycles. The zero-order chi connectivity index (χ0) is 13.8. The molecule has 102 valence electrons. The molecule has 0 aliphatic heterocycles. The summed E-state index contributed by atoms with van der Waals surface area (Å²) in [7, 11) is 0. The van der Waals surface area contributed by atoms with E-state index in [1.54, 1.807) is 0 Å². The minimum absolute atomic E-state index is 0.145. The maximum absolute atomic E-state index is 12.2. The van der Waals surface area contributed by atoms with E-state index in [1.165, 1.54) is 5.56 Å². The fraction of sp³-hybridized carbons (Fsp3) is 0.278. The third-order valence-electron chi connectivity index (χ3n) is 3.83. The van der Waals surface area contributed by atoms with Crippen LogP contribution in [0.15, 0.2) is 54.6 Å². The number of benzene rings is 2. The van der Waals surface area contributed by atoms with E-state index >= 15 is 0 Å². The molecule has 2 aromatic carbocycles. The first-order valence-electron chi connectivity index (χ1n) is 7.14. The molecule has 0 bridgehead atoms. The van der Waals surface area contributed by atoms with Gasteiger partial charge in [0.25, 0.3) is 0 Å². The number of hydrogen-bond acceptors (Lipinski definition) is 2. The second-order valence-electron chi connectivity index (χ2n) is 5.23. The summed E-state index contributed by atoms with van der Waals surface area (Å²) in [5, 5.41) is 0. The van der Waals surface area contributed by atoms with Gasteiger partial charge in [-0.3, -0.25) is 4.79 Å². The number of ether oxygens (including phenoxy) is 1. The molecular weight excluding hydrogens is 248 g/mol. The molecule has 0 radical (unpaired) electrons. The number of carbonyl (C=O) groups excluding carboxylic acids is 1. The lowest BCUT2D eigenvalue weighted by atomic mass is 9.99. The SMILES string of the molecule is O=C1c2ccccc2CC1CCCOc1ccccc1. The fourth-order valence-corrected chi connectivity index (χ4v) is 2.79. The van der Waals surface area contributed by atoms with Gasteiger partial charge in [-0.15, -0.1) is 0 Å². The number of hydrogen-bond donors (Lipinski definition) is 0. The van der Waals surface area contributed by atoms with E-state index in [1.807, 2.05) is 48.5 Å². The predicted octanol–water partition coefficient (Wildman–Crippen LogP) is 3.90. The molecule has 1 aliphatic rings. The number of Topliss-reactive ketones (excluding diaryl/α,β-unsaturated/α-hetero) is 1. The van der Waals surface area contributed by atoms with E-state index in [4.69, 9.17) is 4.74 Å². The fourth-order valence-electron chi connectivity index (χ4n) is 2.79. The van der Waals surface area contributed by atoms with Crippen LogP contribution in [0.1, 0.15) is 28.8 Å². The highest BCUT2D eigenvalue weighted by atomic mass is 16.5. The Bertz CT molecular complexity index is 589. The van der Waals surface area contributed by atoms with Crippen LogP contribution < -0.4 is 4.74 Å². The lowest BCUT2D eigenvalue weighted by molar-refractivity contribution is 0.0926. The topological polar surface area (TPSA) is 26.3 Å². The number of rotatable bonds is 5. The molecule has 0 aromatic heterocycles. The Morgan fingerprint density at radius 2 is 1.75 bits per heavy atom. The molecule has 20 heavy (non-hydrogen) atoms. The summed E-state index contributed by atoms with van der Waals surface area (Å²) in [4.78, 5) is 12.2. The monoisotopic (exact) mass is 266 g/mol. The van der Waals surface area contributed by atoms with Crippen LogP contribution >= 0.6 is 0 Å². The highest BCUT2D eigenvalue weighted by Crippen LogP contribution is 2.29. The summed E-state index contributed by atoms with van der Waals surface area (Å²) >= 11 is 0. The standard InChI is InChI=1S/C18H18O2/c19-18-15(13-14-7-4-5-11-17(14)18)8-6-12-20-16-9-2-1-3-10-16/h1-5,7,9-11,15H,6,8,12-13H2.